The van der Waals surface area contributed by atoms with E-state index in [2.05, 4.69) is 4.65 Å². The number of aliphatic hydroxyl groups excluding tert-OH is 1. The third-order valence-corrected chi connectivity index (χ3v) is 2.43. The Morgan fingerprint density at radius 2 is 1.86 bits per heavy atom. The molecule has 2 radical (unpaired) electrons. The van der Waals surface area contributed by atoms with E-state index in [1.165, 1.54) is 0 Å². The molecule has 1 aromatic carbocycles. The molecule has 7 heteroatoms. The summed E-state index contributed by atoms with van der Waals surface area (Å²) in [6.45, 7) is 0.686. The third kappa shape index (κ3) is 9.20. The van der Waals surface area contributed by atoms with Gasteiger partial charge in [0.2, 0.25) is 0 Å². The van der Waals surface area contributed by atoms with E-state index in [1.54, 1.807) is 0 Å². The minimum atomic E-state index is -0.772. The van der Waals surface area contributed by atoms with Crippen LogP contribution in [0.2, 0.25) is 0 Å². The van der Waals surface area contributed by atoms with Crippen molar-refractivity contribution in [2.45, 2.75) is 12.7 Å². The van der Waals surface area contributed by atoms with Crippen LogP contribution in [0.1, 0.15) is 5.56 Å². The Labute approximate surface area is 125 Å². The quantitative estimate of drug-likeness (QED) is 0.358. The summed E-state index contributed by atoms with van der Waals surface area (Å²) in [5, 5.41) is 9.23. The van der Waals surface area contributed by atoms with Crippen LogP contribution in [0.5, 0.6) is 0 Å². The van der Waals surface area contributed by atoms with Gasteiger partial charge in [0.05, 0.1) is 32.5 Å². The predicted octanol–water partition coefficient (Wildman–Crippen LogP) is 0.224. The molecule has 0 amide bonds. The smallest absolute Gasteiger partial charge is 0.332 e. The van der Waals surface area contributed by atoms with Gasteiger partial charge in [0.1, 0.15) is 13.2 Å². The van der Waals surface area contributed by atoms with Gasteiger partial charge >= 0.3 is 5.97 Å². The lowest BCUT2D eigenvalue weighted by atomic mass is 10.2. The van der Waals surface area contributed by atoms with Gasteiger partial charge in [0.25, 0.3) is 8.05 Å². The van der Waals surface area contributed by atoms with Crippen molar-refractivity contribution in [2.75, 3.05) is 33.0 Å². The van der Waals surface area contributed by atoms with Crippen LogP contribution in [0, 0.1) is 0 Å². The van der Waals surface area contributed by atoms with Crippen molar-refractivity contribution < 1.29 is 28.8 Å². The Hall–Kier alpha value is -1.41. The van der Waals surface area contributed by atoms with E-state index < -0.39 is 12.1 Å². The molecule has 0 bridgehead atoms. The molecule has 0 aliphatic carbocycles. The number of benzene rings is 1. The highest BCUT2D eigenvalue weighted by Gasteiger charge is 2.05. The molecule has 1 rings (SSSR count). The Bertz CT molecular complexity index is 386. The molecule has 0 aliphatic rings. The van der Waals surface area contributed by atoms with Gasteiger partial charge < -0.3 is 24.0 Å². The maximum atomic E-state index is 11.4. The summed E-state index contributed by atoms with van der Waals surface area (Å²) in [4.78, 5) is 11.4. The van der Waals surface area contributed by atoms with E-state index >= 15 is 0 Å². The molecular formula is C14H19BO6. The topological polar surface area (TPSA) is 74.2 Å². The van der Waals surface area contributed by atoms with Crippen LogP contribution >= 0.6 is 0 Å². The van der Waals surface area contributed by atoms with Crippen molar-refractivity contribution in [3.63, 3.8) is 0 Å². The molecule has 0 aromatic heterocycles. The maximum Gasteiger partial charge on any atom is 0.332 e. The fraction of sp³-hybridized carbons (Fsp3) is 0.500. The van der Waals surface area contributed by atoms with E-state index in [4.69, 9.17) is 22.3 Å². The number of esters is 1. The average molecular weight is 294 g/mol. The average Bonchev–Trinajstić information content (AvgIpc) is 2.50. The second-order valence-electron chi connectivity index (χ2n) is 4.26. The molecule has 1 aromatic rings. The van der Waals surface area contributed by atoms with E-state index in [1.807, 2.05) is 30.3 Å². The number of rotatable bonds is 11. The van der Waals surface area contributed by atoms with Gasteiger partial charge in [-0.15, -0.1) is 0 Å². The molecule has 21 heavy (non-hydrogen) atoms. The molecule has 6 nitrogen and oxygen atoms in total. The first kappa shape index (κ1) is 17.6. The number of carbonyl (C=O) groups is 1. The summed E-state index contributed by atoms with van der Waals surface area (Å²) in [7, 11) is 4.79. The molecule has 1 atom stereocenters. The van der Waals surface area contributed by atoms with Crippen molar-refractivity contribution >= 4 is 14.0 Å². The molecule has 114 valence electrons. The monoisotopic (exact) mass is 294 g/mol. The SMILES string of the molecule is [B]OCC(O)COCCOCC(=O)OCc1ccccc1. The van der Waals surface area contributed by atoms with Crippen molar-refractivity contribution in [2.24, 2.45) is 0 Å². The number of hydrogen-bond acceptors (Lipinski definition) is 6. The summed E-state index contributed by atoms with van der Waals surface area (Å²) in [6.07, 6.45) is -0.772. The van der Waals surface area contributed by atoms with Gasteiger partial charge in [0.15, 0.2) is 0 Å². The fourth-order valence-corrected chi connectivity index (χ4v) is 1.43. The molecular weight excluding hydrogens is 275 g/mol. The minimum Gasteiger partial charge on any atom is -0.459 e. The van der Waals surface area contributed by atoms with Crippen LogP contribution in [-0.2, 0) is 30.3 Å². The lowest BCUT2D eigenvalue weighted by molar-refractivity contribution is -0.150. The summed E-state index contributed by atoms with van der Waals surface area (Å²) in [5.74, 6) is -0.435. The van der Waals surface area contributed by atoms with Crippen LogP contribution in [0.4, 0.5) is 0 Å². The summed E-state index contributed by atoms with van der Waals surface area (Å²) >= 11 is 0. The Morgan fingerprint density at radius 3 is 2.57 bits per heavy atom. The zero-order chi connectivity index (χ0) is 15.3. The van der Waals surface area contributed by atoms with Crippen LogP contribution in [0.25, 0.3) is 0 Å². The first-order valence-corrected chi connectivity index (χ1v) is 6.57. The van der Waals surface area contributed by atoms with Crippen LogP contribution in [0.3, 0.4) is 0 Å². The molecule has 0 fully saturated rings. The minimum absolute atomic E-state index is 0.00662. The van der Waals surface area contributed by atoms with Crippen molar-refractivity contribution in [3.8, 4) is 0 Å². The Morgan fingerprint density at radius 1 is 1.14 bits per heavy atom. The highest BCUT2D eigenvalue weighted by Crippen LogP contribution is 2.00. The second-order valence-corrected chi connectivity index (χ2v) is 4.26. The zero-order valence-electron chi connectivity index (χ0n) is 11.8. The standard InChI is InChI=1S/C14H19BO6/c15-21-10-13(16)9-18-6-7-19-11-14(17)20-8-12-4-2-1-3-5-12/h1-5,13,16H,6-11H2. The fourth-order valence-electron chi connectivity index (χ4n) is 1.43. The van der Waals surface area contributed by atoms with Crippen LogP contribution in [-0.4, -0.2) is 58.3 Å². The third-order valence-electron chi connectivity index (χ3n) is 2.43. The first-order valence-electron chi connectivity index (χ1n) is 6.57. The lowest BCUT2D eigenvalue weighted by Gasteiger charge is -2.10. The summed E-state index contributed by atoms with van der Waals surface area (Å²) in [6, 6.07) is 9.39. The molecule has 0 heterocycles. The molecule has 0 saturated carbocycles. The van der Waals surface area contributed by atoms with E-state index in [-0.39, 0.29) is 39.6 Å². The second kappa shape index (κ2) is 11.3. The van der Waals surface area contributed by atoms with Crippen molar-refractivity contribution in [3.05, 3.63) is 35.9 Å². The Kier molecular flexibility index (Phi) is 9.47. The summed E-state index contributed by atoms with van der Waals surface area (Å²) < 4.78 is 19.5. The number of hydrogen-bond donors (Lipinski definition) is 1. The predicted molar refractivity (Wildman–Crippen MR) is 75.6 cm³/mol. The normalized spacial score (nSPS) is 12.0. The summed E-state index contributed by atoms with van der Waals surface area (Å²) in [5.41, 5.74) is 0.922. The lowest BCUT2D eigenvalue weighted by Crippen LogP contribution is -2.22. The molecule has 0 spiro atoms. The molecule has 1 unspecified atom stereocenters. The van der Waals surface area contributed by atoms with E-state index in [0.29, 0.717) is 0 Å². The number of carbonyl (C=O) groups excluding carboxylic acids is 1. The van der Waals surface area contributed by atoms with Gasteiger partial charge in [-0.3, -0.25) is 0 Å². The van der Waals surface area contributed by atoms with Gasteiger partial charge in [-0.25, -0.2) is 4.79 Å². The highest BCUT2D eigenvalue weighted by atomic mass is 16.6. The largest absolute Gasteiger partial charge is 0.459 e. The number of ether oxygens (including phenoxy) is 3. The zero-order valence-corrected chi connectivity index (χ0v) is 11.8. The molecule has 0 saturated heterocycles. The van der Waals surface area contributed by atoms with E-state index in [0.717, 1.165) is 5.56 Å². The number of aliphatic hydroxyl groups is 1. The van der Waals surface area contributed by atoms with Crippen LogP contribution < -0.4 is 0 Å². The Balaban J connectivity index is 1.96. The maximum absolute atomic E-state index is 11.4. The van der Waals surface area contributed by atoms with Gasteiger partial charge in [-0.05, 0) is 5.56 Å². The van der Waals surface area contributed by atoms with Crippen molar-refractivity contribution in [1.82, 2.24) is 0 Å². The van der Waals surface area contributed by atoms with Gasteiger partial charge in [-0.2, -0.15) is 0 Å². The van der Waals surface area contributed by atoms with E-state index in [9.17, 15) is 9.90 Å². The van der Waals surface area contributed by atoms with Crippen LogP contribution in [0.15, 0.2) is 30.3 Å². The highest BCUT2D eigenvalue weighted by molar-refractivity contribution is 5.97. The van der Waals surface area contributed by atoms with Gasteiger partial charge in [-0.1, -0.05) is 30.3 Å². The first-order chi connectivity index (χ1) is 10.2. The molecule has 0 aliphatic heterocycles. The van der Waals surface area contributed by atoms with Gasteiger partial charge in [0, 0.05) is 0 Å². The molecule has 1 N–H and O–H groups in total. The van der Waals surface area contributed by atoms with Crippen molar-refractivity contribution in [1.29, 1.82) is 0 Å².